The van der Waals surface area contributed by atoms with Crippen molar-refractivity contribution < 1.29 is 4.79 Å². The molecular weight excluding hydrogens is 278 g/mol. The van der Waals surface area contributed by atoms with Crippen molar-refractivity contribution in [2.45, 2.75) is 6.54 Å². The number of carbonyl (C=O) groups excluding carboxylic acids is 1. The largest absolute Gasteiger partial charge is 0.304 e. The average molecular weight is 293 g/mol. The van der Waals surface area contributed by atoms with Crippen molar-refractivity contribution in [3.63, 3.8) is 0 Å². The molecule has 0 unspecified atom stereocenters. The van der Waals surface area contributed by atoms with Crippen molar-refractivity contribution in [3.05, 3.63) is 88.6 Å². The van der Waals surface area contributed by atoms with Crippen LogP contribution in [0.4, 0.5) is 5.69 Å². The summed E-state index contributed by atoms with van der Waals surface area (Å²) in [5, 5.41) is 3.82. The Labute approximate surface area is 128 Å². The van der Waals surface area contributed by atoms with Gasteiger partial charge in [-0.25, -0.2) is 0 Å². The van der Waals surface area contributed by atoms with E-state index in [0.717, 1.165) is 16.8 Å². The molecule has 2 aromatic carbocycles. The second kappa shape index (κ2) is 6.37. The smallest absolute Gasteiger partial charge is 0.259 e. The van der Waals surface area contributed by atoms with Crippen molar-refractivity contribution in [2.24, 2.45) is 0 Å². The van der Waals surface area contributed by atoms with Crippen LogP contribution < -0.4 is 4.90 Å². The summed E-state index contributed by atoms with van der Waals surface area (Å²) in [6, 6.07) is 21.7. The van der Waals surface area contributed by atoms with E-state index in [-0.39, 0.29) is 5.91 Å². The highest BCUT2D eigenvalue weighted by atomic mass is 32.1. The zero-order valence-corrected chi connectivity index (χ0v) is 12.3. The zero-order valence-electron chi connectivity index (χ0n) is 11.5. The second-order valence-corrected chi connectivity index (χ2v) is 5.50. The fourth-order valence-electron chi connectivity index (χ4n) is 2.20. The van der Waals surface area contributed by atoms with Gasteiger partial charge in [-0.3, -0.25) is 4.79 Å². The molecule has 0 atom stereocenters. The summed E-state index contributed by atoms with van der Waals surface area (Å²) in [6.45, 7) is 0.569. The third-order valence-corrected chi connectivity index (χ3v) is 3.95. The number of carbonyl (C=O) groups is 1. The number of benzene rings is 2. The van der Waals surface area contributed by atoms with E-state index in [9.17, 15) is 4.79 Å². The molecule has 21 heavy (non-hydrogen) atoms. The third kappa shape index (κ3) is 3.20. The van der Waals surface area contributed by atoms with Crippen LogP contribution >= 0.6 is 11.3 Å². The number of nitrogens with zero attached hydrogens (tertiary/aromatic N) is 1. The van der Waals surface area contributed by atoms with Gasteiger partial charge in [-0.2, -0.15) is 11.3 Å². The number of amides is 1. The standard InChI is InChI=1S/C18H15NOS/c20-18(16-11-12-21-14-16)19(17-9-5-2-6-10-17)13-15-7-3-1-4-8-15/h1-12,14H,13H2. The maximum Gasteiger partial charge on any atom is 0.259 e. The summed E-state index contributed by atoms with van der Waals surface area (Å²) in [6.07, 6.45) is 0. The molecule has 0 aliphatic heterocycles. The molecule has 1 amide bonds. The quantitative estimate of drug-likeness (QED) is 0.688. The monoisotopic (exact) mass is 293 g/mol. The van der Waals surface area contributed by atoms with Crippen molar-refractivity contribution in [1.29, 1.82) is 0 Å². The molecular formula is C18H15NOS. The molecule has 0 fully saturated rings. The fraction of sp³-hybridized carbons (Fsp3) is 0.0556. The van der Waals surface area contributed by atoms with Gasteiger partial charge in [-0.05, 0) is 29.1 Å². The Morgan fingerprint density at radius 1 is 0.905 bits per heavy atom. The van der Waals surface area contributed by atoms with Crippen LogP contribution in [0, 0.1) is 0 Å². The molecule has 0 radical (unpaired) electrons. The Morgan fingerprint density at radius 2 is 1.57 bits per heavy atom. The van der Waals surface area contributed by atoms with Gasteiger partial charge >= 0.3 is 0 Å². The summed E-state index contributed by atoms with van der Waals surface area (Å²) in [4.78, 5) is 14.6. The first-order valence-corrected chi connectivity index (χ1v) is 7.72. The Kier molecular flexibility index (Phi) is 4.12. The van der Waals surface area contributed by atoms with Crippen molar-refractivity contribution in [3.8, 4) is 0 Å². The van der Waals surface area contributed by atoms with E-state index in [1.54, 1.807) is 0 Å². The van der Waals surface area contributed by atoms with E-state index in [1.807, 2.05) is 82.4 Å². The third-order valence-electron chi connectivity index (χ3n) is 3.26. The van der Waals surface area contributed by atoms with E-state index >= 15 is 0 Å². The van der Waals surface area contributed by atoms with Crippen LogP contribution in [0.15, 0.2) is 77.5 Å². The summed E-state index contributed by atoms with van der Waals surface area (Å²) in [5.74, 6) is 0.0336. The Balaban J connectivity index is 1.93. The number of para-hydroxylation sites is 1. The fourth-order valence-corrected chi connectivity index (χ4v) is 2.83. The Morgan fingerprint density at radius 3 is 2.19 bits per heavy atom. The van der Waals surface area contributed by atoms with Gasteiger partial charge in [0.25, 0.3) is 5.91 Å². The summed E-state index contributed by atoms with van der Waals surface area (Å²) in [7, 11) is 0. The van der Waals surface area contributed by atoms with Crippen LogP contribution in [0.1, 0.15) is 15.9 Å². The van der Waals surface area contributed by atoms with E-state index in [4.69, 9.17) is 0 Å². The molecule has 0 N–H and O–H groups in total. The van der Waals surface area contributed by atoms with Crippen LogP contribution in [0.3, 0.4) is 0 Å². The van der Waals surface area contributed by atoms with Crippen LogP contribution in [-0.4, -0.2) is 5.91 Å². The highest BCUT2D eigenvalue weighted by molar-refractivity contribution is 7.08. The molecule has 3 rings (SSSR count). The van der Waals surface area contributed by atoms with Crippen molar-refractivity contribution in [2.75, 3.05) is 4.90 Å². The molecule has 0 bridgehead atoms. The van der Waals surface area contributed by atoms with Gasteiger partial charge in [0.05, 0.1) is 12.1 Å². The zero-order chi connectivity index (χ0) is 14.5. The van der Waals surface area contributed by atoms with Gasteiger partial charge in [-0.15, -0.1) is 0 Å². The molecule has 0 saturated carbocycles. The molecule has 3 aromatic rings. The molecule has 0 spiro atoms. The lowest BCUT2D eigenvalue weighted by Crippen LogP contribution is -2.30. The van der Waals surface area contributed by atoms with Crippen LogP contribution in [-0.2, 0) is 6.54 Å². The molecule has 2 nitrogen and oxygen atoms in total. The maximum atomic E-state index is 12.7. The highest BCUT2D eigenvalue weighted by Gasteiger charge is 2.18. The van der Waals surface area contributed by atoms with Gasteiger partial charge in [0, 0.05) is 11.1 Å². The normalized spacial score (nSPS) is 10.3. The molecule has 0 aliphatic rings. The van der Waals surface area contributed by atoms with E-state index in [0.29, 0.717) is 6.54 Å². The molecule has 104 valence electrons. The SMILES string of the molecule is O=C(c1ccsc1)N(Cc1ccccc1)c1ccccc1. The van der Waals surface area contributed by atoms with Crippen molar-refractivity contribution in [1.82, 2.24) is 0 Å². The minimum Gasteiger partial charge on any atom is -0.304 e. The number of thiophene rings is 1. The molecule has 3 heteroatoms. The lowest BCUT2D eigenvalue weighted by Gasteiger charge is -2.22. The van der Waals surface area contributed by atoms with Crippen molar-refractivity contribution >= 4 is 22.9 Å². The predicted octanol–water partition coefficient (Wildman–Crippen LogP) is 4.60. The highest BCUT2D eigenvalue weighted by Crippen LogP contribution is 2.20. The van der Waals surface area contributed by atoms with Crippen LogP contribution in [0.2, 0.25) is 0 Å². The van der Waals surface area contributed by atoms with Gasteiger partial charge in [0.15, 0.2) is 0 Å². The number of anilines is 1. The van der Waals surface area contributed by atoms with E-state index in [2.05, 4.69) is 0 Å². The van der Waals surface area contributed by atoms with Crippen LogP contribution in [0.5, 0.6) is 0 Å². The first-order chi connectivity index (χ1) is 10.3. The second-order valence-electron chi connectivity index (χ2n) is 4.72. The van der Waals surface area contributed by atoms with Gasteiger partial charge in [0.2, 0.25) is 0 Å². The molecule has 0 saturated heterocycles. The summed E-state index contributed by atoms with van der Waals surface area (Å²) < 4.78 is 0. The number of hydrogen-bond acceptors (Lipinski definition) is 2. The molecule has 1 aromatic heterocycles. The maximum absolute atomic E-state index is 12.7. The Hall–Kier alpha value is -2.39. The average Bonchev–Trinajstić information content (AvgIpc) is 3.08. The first kappa shape index (κ1) is 13.6. The topological polar surface area (TPSA) is 20.3 Å². The summed E-state index contributed by atoms with van der Waals surface area (Å²) in [5.41, 5.74) is 2.77. The lowest BCUT2D eigenvalue weighted by molar-refractivity contribution is 0.0985. The van der Waals surface area contributed by atoms with Gasteiger partial charge in [0.1, 0.15) is 0 Å². The number of rotatable bonds is 4. The summed E-state index contributed by atoms with van der Waals surface area (Å²) >= 11 is 1.54. The molecule has 1 heterocycles. The minimum atomic E-state index is 0.0336. The molecule has 0 aliphatic carbocycles. The lowest BCUT2D eigenvalue weighted by atomic mass is 10.1. The van der Waals surface area contributed by atoms with E-state index in [1.165, 1.54) is 11.3 Å². The predicted molar refractivity (Wildman–Crippen MR) is 87.7 cm³/mol. The first-order valence-electron chi connectivity index (χ1n) is 6.77. The van der Waals surface area contributed by atoms with Crippen LogP contribution in [0.25, 0.3) is 0 Å². The Bertz CT molecular complexity index is 693. The van der Waals surface area contributed by atoms with E-state index < -0.39 is 0 Å². The number of hydrogen-bond donors (Lipinski definition) is 0. The minimum absolute atomic E-state index is 0.0336. The van der Waals surface area contributed by atoms with Gasteiger partial charge in [-0.1, -0.05) is 48.5 Å². The van der Waals surface area contributed by atoms with Gasteiger partial charge < -0.3 is 4.90 Å².